The van der Waals surface area contributed by atoms with Gasteiger partial charge in [0.25, 0.3) is 0 Å². The molecule has 1 saturated heterocycles. The van der Waals surface area contributed by atoms with Gasteiger partial charge in [-0.05, 0) is 37.0 Å². The van der Waals surface area contributed by atoms with Crippen molar-refractivity contribution in [2.45, 2.75) is 52.5 Å². The van der Waals surface area contributed by atoms with Crippen LogP contribution in [-0.4, -0.2) is 49.5 Å². The molecule has 0 bridgehead atoms. The van der Waals surface area contributed by atoms with Crippen LogP contribution in [0.3, 0.4) is 0 Å². The lowest BCUT2D eigenvalue weighted by Gasteiger charge is -2.32. The van der Waals surface area contributed by atoms with Crippen LogP contribution in [0.1, 0.15) is 57.0 Å². The molecule has 0 aromatic heterocycles. The number of nitrogens with zero attached hydrogens (tertiary/aromatic N) is 1. The van der Waals surface area contributed by atoms with Crippen LogP contribution < -0.4 is 10.1 Å². The van der Waals surface area contributed by atoms with Crippen molar-refractivity contribution in [1.82, 2.24) is 10.2 Å². The number of Topliss-reactive ketones (excluding diaryl/α,β-unsaturated/α-hetero) is 1. The zero-order valence-electron chi connectivity index (χ0n) is 15.8. The molecule has 134 valence electrons. The highest BCUT2D eigenvalue weighted by Crippen LogP contribution is 2.33. The SMILES string of the molecule is CCCOc1ccc(C(=O)C(C)N2CCNCC2)cc1C(C)(C)C. The Balaban J connectivity index is 2.24. The number of carbonyl (C=O) groups excluding carboxylic acids is 1. The van der Waals surface area contributed by atoms with Crippen LogP contribution in [0.15, 0.2) is 18.2 Å². The zero-order valence-corrected chi connectivity index (χ0v) is 15.8. The van der Waals surface area contributed by atoms with Gasteiger partial charge in [-0.15, -0.1) is 0 Å². The minimum Gasteiger partial charge on any atom is -0.493 e. The number of nitrogens with one attached hydrogen (secondary N) is 1. The molecule has 0 radical (unpaired) electrons. The molecule has 0 spiro atoms. The Hall–Kier alpha value is -1.39. The Bertz CT molecular complexity index is 557. The Kier molecular flexibility index (Phi) is 6.41. The second kappa shape index (κ2) is 8.13. The van der Waals surface area contributed by atoms with Gasteiger partial charge < -0.3 is 10.1 Å². The van der Waals surface area contributed by atoms with Crippen molar-refractivity contribution in [3.05, 3.63) is 29.3 Å². The number of hydrogen-bond donors (Lipinski definition) is 1. The van der Waals surface area contributed by atoms with Gasteiger partial charge in [0.1, 0.15) is 5.75 Å². The highest BCUT2D eigenvalue weighted by molar-refractivity contribution is 6.00. The van der Waals surface area contributed by atoms with Gasteiger partial charge in [-0.2, -0.15) is 0 Å². The van der Waals surface area contributed by atoms with E-state index in [4.69, 9.17) is 4.74 Å². The maximum Gasteiger partial charge on any atom is 0.179 e. The van der Waals surface area contributed by atoms with E-state index in [1.807, 2.05) is 25.1 Å². The molecule has 0 saturated carbocycles. The van der Waals surface area contributed by atoms with Gasteiger partial charge in [0.15, 0.2) is 5.78 Å². The predicted molar refractivity (Wildman–Crippen MR) is 99.2 cm³/mol. The lowest BCUT2D eigenvalue weighted by molar-refractivity contribution is 0.0820. The third-order valence-corrected chi connectivity index (χ3v) is 4.61. The summed E-state index contributed by atoms with van der Waals surface area (Å²) in [6.45, 7) is 15.1. The average Bonchev–Trinajstić information content (AvgIpc) is 2.58. The summed E-state index contributed by atoms with van der Waals surface area (Å²) in [5, 5.41) is 3.33. The van der Waals surface area contributed by atoms with Gasteiger partial charge in [0.2, 0.25) is 0 Å². The molecular weight excluding hydrogens is 300 g/mol. The number of rotatable bonds is 6. The fraction of sp³-hybridized carbons (Fsp3) is 0.650. The first-order valence-corrected chi connectivity index (χ1v) is 9.11. The number of hydrogen-bond acceptors (Lipinski definition) is 4. The lowest BCUT2D eigenvalue weighted by Crippen LogP contribution is -2.50. The van der Waals surface area contributed by atoms with E-state index in [1.165, 1.54) is 0 Å². The van der Waals surface area contributed by atoms with E-state index in [-0.39, 0.29) is 17.2 Å². The first kappa shape index (κ1) is 18.9. The minimum atomic E-state index is -0.0812. The van der Waals surface area contributed by atoms with Crippen molar-refractivity contribution in [2.75, 3.05) is 32.8 Å². The summed E-state index contributed by atoms with van der Waals surface area (Å²) in [6, 6.07) is 5.84. The summed E-state index contributed by atoms with van der Waals surface area (Å²) in [6.07, 6.45) is 0.976. The summed E-state index contributed by atoms with van der Waals surface area (Å²) in [5.41, 5.74) is 1.83. The summed E-state index contributed by atoms with van der Waals surface area (Å²) < 4.78 is 5.89. The van der Waals surface area contributed by atoms with Crippen LogP contribution in [-0.2, 0) is 5.41 Å². The van der Waals surface area contributed by atoms with E-state index in [0.717, 1.165) is 49.5 Å². The molecular formula is C20H32N2O2. The van der Waals surface area contributed by atoms with Gasteiger partial charge in [0.05, 0.1) is 12.6 Å². The highest BCUT2D eigenvalue weighted by atomic mass is 16.5. The third-order valence-electron chi connectivity index (χ3n) is 4.61. The van der Waals surface area contributed by atoms with Crippen LogP contribution in [0.25, 0.3) is 0 Å². The van der Waals surface area contributed by atoms with Gasteiger partial charge in [0, 0.05) is 37.3 Å². The fourth-order valence-electron chi connectivity index (χ4n) is 3.08. The Morgan fingerprint density at radius 2 is 1.96 bits per heavy atom. The van der Waals surface area contributed by atoms with E-state index in [2.05, 4.69) is 37.9 Å². The van der Waals surface area contributed by atoms with Crippen molar-refractivity contribution in [3.8, 4) is 5.75 Å². The molecule has 1 aliphatic heterocycles. The van der Waals surface area contributed by atoms with Crippen molar-refractivity contribution < 1.29 is 9.53 Å². The van der Waals surface area contributed by atoms with Crippen LogP contribution in [0.4, 0.5) is 0 Å². The molecule has 0 aliphatic carbocycles. The van der Waals surface area contributed by atoms with Crippen LogP contribution in [0.2, 0.25) is 0 Å². The van der Waals surface area contributed by atoms with Crippen molar-refractivity contribution in [2.24, 2.45) is 0 Å². The molecule has 1 aliphatic rings. The number of benzene rings is 1. The van der Waals surface area contributed by atoms with E-state index in [9.17, 15) is 4.79 Å². The molecule has 1 heterocycles. The standard InChI is InChI=1S/C20H32N2O2/c1-6-13-24-18-8-7-16(14-17(18)20(3,4)5)19(23)15(2)22-11-9-21-10-12-22/h7-8,14-15,21H,6,9-13H2,1-5H3. The molecule has 0 amide bonds. The van der Waals surface area contributed by atoms with Crippen molar-refractivity contribution in [3.63, 3.8) is 0 Å². The normalized spacial score (nSPS) is 17.5. The number of carbonyl (C=O) groups is 1. The number of ether oxygens (including phenoxy) is 1. The minimum absolute atomic E-state index is 0.0579. The Morgan fingerprint density at radius 3 is 2.54 bits per heavy atom. The van der Waals surface area contributed by atoms with Crippen molar-refractivity contribution >= 4 is 5.78 Å². The first-order valence-electron chi connectivity index (χ1n) is 9.11. The summed E-state index contributed by atoms with van der Waals surface area (Å²) in [5.74, 6) is 1.10. The third kappa shape index (κ3) is 4.58. The Morgan fingerprint density at radius 1 is 1.29 bits per heavy atom. The van der Waals surface area contributed by atoms with Gasteiger partial charge in [-0.1, -0.05) is 27.7 Å². The topological polar surface area (TPSA) is 41.6 Å². The number of piperazine rings is 1. The van der Waals surface area contributed by atoms with Crippen LogP contribution in [0, 0.1) is 0 Å². The maximum absolute atomic E-state index is 12.9. The van der Waals surface area contributed by atoms with E-state index in [1.54, 1.807) is 0 Å². The van der Waals surface area contributed by atoms with E-state index in [0.29, 0.717) is 6.61 Å². The molecule has 4 nitrogen and oxygen atoms in total. The largest absolute Gasteiger partial charge is 0.493 e. The molecule has 4 heteroatoms. The summed E-state index contributed by atoms with van der Waals surface area (Å²) in [7, 11) is 0. The van der Waals surface area contributed by atoms with Gasteiger partial charge in [-0.3, -0.25) is 9.69 Å². The average molecular weight is 332 g/mol. The molecule has 1 unspecified atom stereocenters. The molecule has 1 aromatic carbocycles. The monoisotopic (exact) mass is 332 g/mol. The lowest BCUT2D eigenvalue weighted by atomic mass is 9.84. The fourth-order valence-corrected chi connectivity index (χ4v) is 3.08. The molecule has 1 atom stereocenters. The van der Waals surface area contributed by atoms with Crippen molar-refractivity contribution in [1.29, 1.82) is 0 Å². The maximum atomic E-state index is 12.9. The van der Waals surface area contributed by atoms with E-state index >= 15 is 0 Å². The van der Waals surface area contributed by atoms with Crippen LogP contribution >= 0.6 is 0 Å². The molecule has 2 rings (SSSR count). The second-order valence-electron chi connectivity index (χ2n) is 7.64. The Labute approximate surface area is 146 Å². The molecule has 24 heavy (non-hydrogen) atoms. The molecule has 1 N–H and O–H groups in total. The highest BCUT2D eigenvalue weighted by Gasteiger charge is 2.26. The number of ketones is 1. The second-order valence-corrected chi connectivity index (χ2v) is 7.64. The predicted octanol–water partition coefficient (Wildman–Crippen LogP) is 3.25. The molecule has 1 fully saturated rings. The smallest absolute Gasteiger partial charge is 0.179 e. The quantitative estimate of drug-likeness (QED) is 0.812. The van der Waals surface area contributed by atoms with Gasteiger partial charge in [-0.25, -0.2) is 0 Å². The summed E-state index contributed by atoms with van der Waals surface area (Å²) >= 11 is 0. The molecule has 1 aromatic rings. The first-order chi connectivity index (χ1) is 11.3. The summed E-state index contributed by atoms with van der Waals surface area (Å²) in [4.78, 5) is 15.2. The van der Waals surface area contributed by atoms with Gasteiger partial charge >= 0.3 is 0 Å². The van der Waals surface area contributed by atoms with Crippen LogP contribution in [0.5, 0.6) is 5.75 Å². The zero-order chi connectivity index (χ0) is 17.7. The van der Waals surface area contributed by atoms with E-state index < -0.39 is 0 Å².